The van der Waals surface area contributed by atoms with Crippen LogP contribution in [0.5, 0.6) is 0 Å². The zero-order chi connectivity index (χ0) is 22.2. The van der Waals surface area contributed by atoms with Gasteiger partial charge < -0.3 is 20.4 Å². The van der Waals surface area contributed by atoms with E-state index in [0.29, 0.717) is 12.6 Å². The van der Waals surface area contributed by atoms with Crippen molar-refractivity contribution in [3.05, 3.63) is 59.8 Å². The molecule has 0 radical (unpaired) electrons. The molecule has 2 aromatic rings. The zero-order valence-corrected chi connectivity index (χ0v) is 19.5. The van der Waals surface area contributed by atoms with Crippen molar-refractivity contribution in [2.24, 2.45) is 4.99 Å². The summed E-state index contributed by atoms with van der Waals surface area (Å²) in [7, 11) is 4.02. The second-order valence-corrected chi connectivity index (χ2v) is 8.75. The molecule has 0 bridgehead atoms. The molecule has 2 saturated heterocycles. The first-order valence-electron chi connectivity index (χ1n) is 11.9. The van der Waals surface area contributed by atoms with E-state index in [-0.39, 0.29) is 0 Å². The van der Waals surface area contributed by atoms with E-state index < -0.39 is 0 Å². The quantitative estimate of drug-likeness (QED) is 0.514. The minimum absolute atomic E-state index is 0.358. The first-order valence-corrected chi connectivity index (χ1v) is 11.9. The van der Waals surface area contributed by atoms with Gasteiger partial charge in [0.25, 0.3) is 0 Å². The number of hydrogen-bond acceptors (Lipinski definition) is 5. The lowest BCUT2D eigenvalue weighted by Crippen LogP contribution is -2.45. The summed E-state index contributed by atoms with van der Waals surface area (Å²) >= 11 is 0. The van der Waals surface area contributed by atoms with Gasteiger partial charge in [0.1, 0.15) is 5.82 Å². The second kappa shape index (κ2) is 11.3. The van der Waals surface area contributed by atoms with Gasteiger partial charge in [0.2, 0.25) is 0 Å². The van der Waals surface area contributed by atoms with Gasteiger partial charge in [0.15, 0.2) is 5.96 Å². The molecule has 1 unspecified atom stereocenters. The van der Waals surface area contributed by atoms with Gasteiger partial charge >= 0.3 is 0 Å². The maximum Gasteiger partial charge on any atom is 0.191 e. The molecule has 2 aliphatic rings. The molecule has 1 aromatic heterocycles. The van der Waals surface area contributed by atoms with Crippen LogP contribution in [0.4, 0.5) is 5.82 Å². The SMILES string of the molecule is CN=C(NCc1cccnc1N1CCN(C)CC1)NCC(c1ccccc1)N1CCCC1. The van der Waals surface area contributed by atoms with Crippen molar-refractivity contribution >= 4 is 11.8 Å². The fourth-order valence-electron chi connectivity index (χ4n) is 4.65. The third-order valence-corrected chi connectivity index (χ3v) is 6.57. The summed E-state index contributed by atoms with van der Waals surface area (Å²) in [6, 6.07) is 15.4. The minimum Gasteiger partial charge on any atom is -0.354 e. The number of pyridine rings is 1. The topological polar surface area (TPSA) is 59.0 Å². The van der Waals surface area contributed by atoms with Crippen LogP contribution in [-0.4, -0.2) is 80.7 Å². The molecule has 3 heterocycles. The van der Waals surface area contributed by atoms with Gasteiger partial charge in [0.05, 0.1) is 6.04 Å². The molecular formula is C25H37N7. The largest absolute Gasteiger partial charge is 0.354 e. The summed E-state index contributed by atoms with van der Waals surface area (Å²) < 4.78 is 0. The number of rotatable bonds is 7. The lowest BCUT2D eigenvalue weighted by molar-refractivity contribution is 0.245. The summed E-state index contributed by atoms with van der Waals surface area (Å²) in [6.45, 7) is 8.05. The third-order valence-electron chi connectivity index (χ3n) is 6.57. The Morgan fingerprint density at radius 3 is 2.44 bits per heavy atom. The Bertz CT molecular complexity index is 856. The molecule has 0 spiro atoms. The Balaban J connectivity index is 1.37. The summed E-state index contributed by atoms with van der Waals surface area (Å²) in [5.41, 5.74) is 2.57. The number of nitrogens with one attached hydrogen (secondary N) is 2. The fraction of sp³-hybridized carbons (Fsp3) is 0.520. The number of guanidine groups is 1. The number of aliphatic imine (C=N–C) groups is 1. The number of nitrogens with zero attached hydrogens (tertiary/aromatic N) is 5. The van der Waals surface area contributed by atoms with Crippen molar-refractivity contribution in [1.29, 1.82) is 0 Å². The van der Waals surface area contributed by atoms with E-state index in [1.165, 1.54) is 24.0 Å². The highest BCUT2D eigenvalue weighted by Crippen LogP contribution is 2.24. The average Bonchev–Trinajstić information content (AvgIpc) is 3.37. The average molecular weight is 436 g/mol. The minimum atomic E-state index is 0.358. The maximum absolute atomic E-state index is 4.70. The van der Waals surface area contributed by atoms with Crippen LogP contribution in [0.1, 0.15) is 30.0 Å². The molecule has 172 valence electrons. The monoisotopic (exact) mass is 435 g/mol. The molecule has 7 nitrogen and oxygen atoms in total. The van der Waals surface area contributed by atoms with Crippen LogP contribution < -0.4 is 15.5 Å². The molecule has 1 aromatic carbocycles. The molecule has 0 saturated carbocycles. The normalized spacial score (nSPS) is 19.2. The smallest absolute Gasteiger partial charge is 0.191 e. The highest BCUT2D eigenvalue weighted by Gasteiger charge is 2.23. The fourth-order valence-corrected chi connectivity index (χ4v) is 4.65. The van der Waals surface area contributed by atoms with Gasteiger partial charge in [-0.1, -0.05) is 36.4 Å². The molecule has 0 amide bonds. The van der Waals surface area contributed by atoms with E-state index in [2.05, 4.69) is 73.8 Å². The first kappa shape index (κ1) is 22.6. The predicted octanol–water partition coefficient (Wildman–Crippen LogP) is 2.34. The van der Waals surface area contributed by atoms with Crippen molar-refractivity contribution in [2.75, 3.05) is 64.8 Å². The van der Waals surface area contributed by atoms with Gasteiger partial charge in [-0.15, -0.1) is 0 Å². The van der Waals surface area contributed by atoms with Crippen molar-refractivity contribution < 1.29 is 0 Å². The zero-order valence-electron chi connectivity index (χ0n) is 19.5. The first-order chi connectivity index (χ1) is 15.7. The van der Waals surface area contributed by atoms with E-state index in [0.717, 1.165) is 57.6 Å². The van der Waals surface area contributed by atoms with Gasteiger partial charge in [0, 0.05) is 58.1 Å². The summed E-state index contributed by atoms with van der Waals surface area (Å²) in [6.07, 6.45) is 4.46. The Morgan fingerprint density at radius 1 is 0.969 bits per heavy atom. The molecule has 4 rings (SSSR count). The Morgan fingerprint density at radius 2 is 1.72 bits per heavy atom. The molecule has 1 atom stereocenters. The van der Waals surface area contributed by atoms with E-state index in [1.807, 2.05) is 19.3 Å². The lowest BCUT2D eigenvalue weighted by atomic mass is 10.1. The van der Waals surface area contributed by atoms with Gasteiger partial charge in [-0.3, -0.25) is 9.89 Å². The van der Waals surface area contributed by atoms with Crippen LogP contribution in [0, 0.1) is 0 Å². The molecule has 32 heavy (non-hydrogen) atoms. The Labute approximate surface area is 192 Å². The lowest BCUT2D eigenvalue weighted by Gasteiger charge is -2.34. The molecule has 7 heteroatoms. The van der Waals surface area contributed by atoms with Crippen LogP contribution in [0.25, 0.3) is 0 Å². The predicted molar refractivity (Wildman–Crippen MR) is 132 cm³/mol. The van der Waals surface area contributed by atoms with Crippen LogP contribution in [0.2, 0.25) is 0 Å². The second-order valence-electron chi connectivity index (χ2n) is 8.75. The number of anilines is 1. The number of hydrogen-bond donors (Lipinski definition) is 2. The number of aromatic nitrogens is 1. The van der Waals surface area contributed by atoms with Crippen LogP contribution in [0.3, 0.4) is 0 Å². The van der Waals surface area contributed by atoms with Gasteiger partial charge in [-0.2, -0.15) is 0 Å². The highest BCUT2D eigenvalue weighted by atomic mass is 15.3. The molecule has 2 aliphatic heterocycles. The Kier molecular flexibility index (Phi) is 7.96. The summed E-state index contributed by atoms with van der Waals surface area (Å²) in [5.74, 6) is 1.92. The summed E-state index contributed by atoms with van der Waals surface area (Å²) in [5, 5.41) is 7.09. The molecule has 2 fully saturated rings. The van der Waals surface area contributed by atoms with Crippen molar-refractivity contribution in [3.63, 3.8) is 0 Å². The standard InChI is InChI=1S/C25H37N7/c1-26-25(29-20-23(31-13-6-7-14-31)21-9-4-3-5-10-21)28-19-22-11-8-12-27-24(22)32-17-15-30(2)16-18-32/h3-5,8-12,23H,6-7,13-20H2,1-2H3,(H2,26,28,29). The number of likely N-dealkylation sites (tertiary alicyclic amines) is 1. The van der Waals surface area contributed by atoms with E-state index >= 15 is 0 Å². The molecule has 2 N–H and O–H groups in total. The molecular weight excluding hydrogens is 398 g/mol. The third kappa shape index (κ3) is 5.78. The van der Waals surface area contributed by atoms with Crippen LogP contribution in [-0.2, 0) is 6.54 Å². The van der Waals surface area contributed by atoms with E-state index in [1.54, 1.807) is 0 Å². The Hall–Kier alpha value is -2.64. The van der Waals surface area contributed by atoms with Crippen molar-refractivity contribution in [1.82, 2.24) is 25.4 Å². The van der Waals surface area contributed by atoms with Crippen LogP contribution >= 0.6 is 0 Å². The van der Waals surface area contributed by atoms with E-state index in [4.69, 9.17) is 4.98 Å². The number of benzene rings is 1. The summed E-state index contributed by atoms with van der Waals surface area (Å²) in [4.78, 5) is 16.5. The highest BCUT2D eigenvalue weighted by molar-refractivity contribution is 5.79. The number of likely N-dealkylation sites (N-methyl/N-ethyl adjacent to an activating group) is 1. The van der Waals surface area contributed by atoms with Crippen molar-refractivity contribution in [3.8, 4) is 0 Å². The van der Waals surface area contributed by atoms with Crippen LogP contribution in [0.15, 0.2) is 53.7 Å². The number of piperazine rings is 1. The maximum atomic E-state index is 4.70. The van der Waals surface area contributed by atoms with Gasteiger partial charge in [-0.25, -0.2) is 4.98 Å². The van der Waals surface area contributed by atoms with E-state index in [9.17, 15) is 0 Å². The van der Waals surface area contributed by atoms with Gasteiger partial charge in [-0.05, 0) is 44.6 Å². The van der Waals surface area contributed by atoms with Crippen molar-refractivity contribution in [2.45, 2.75) is 25.4 Å². The molecule has 0 aliphatic carbocycles.